The summed E-state index contributed by atoms with van der Waals surface area (Å²) in [5.74, 6) is -1.70. The number of hydrogen-bond acceptors (Lipinski definition) is 3. The minimum atomic E-state index is -0.501. The van der Waals surface area contributed by atoms with Crippen molar-refractivity contribution in [3.8, 4) is 0 Å². The molecule has 4 atom stereocenters. The summed E-state index contributed by atoms with van der Waals surface area (Å²) in [5, 5.41) is 0. The van der Waals surface area contributed by atoms with Gasteiger partial charge in [-0.15, -0.1) is 6.58 Å². The lowest BCUT2D eigenvalue weighted by molar-refractivity contribution is -0.139. The number of hydrogen-bond donors (Lipinski definition) is 0. The van der Waals surface area contributed by atoms with Crippen molar-refractivity contribution in [2.24, 2.45) is 11.8 Å². The number of imide groups is 1. The van der Waals surface area contributed by atoms with E-state index >= 15 is 0 Å². The van der Waals surface area contributed by atoms with Crippen molar-refractivity contribution in [1.29, 1.82) is 0 Å². The van der Waals surface area contributed by atoms with E-state index in [-0.39, 0.29) is 36.0 Å². The Morgan fingerprint density at radius 1 is 1.10 bits per heavy atom. The molecule has 5 rings (SSSR count). The number of carbonyl (C=O) groups is 3. The SMILES string of the molecule is C=CCN1C(=O)[C@@H]2[C@H](C1=O)[C@H]1C(=O)C[C@H]2c2ccccc21. The van der Waals surface area contributed by atoms with E-state index in [1.807, 2.05) is 24.3 Å². The highest BCUT2D eigenvalue weighted by Crippen LogP contribution is 2.57. The molecule has 4 aliphatic rings. The van der Waals surface area contributed by atoms with E-state index in [0.717, 1.165) is 11.1 Å². The molecule has 1 aliphatic heterocycles. The van der Waals surface area contributed by atoms with Gasteiger partial charge in [-0.2, -0.15) is 0 Å². The minimum absolute atomic E-state index is 0.0987. The summed E-state index contributed by atoms with van der Waals surface area (Å²) in [5.41, 5.74) is 2.02. The maximum absolute atomic E-state index is 12.6. The van der Waals surface area contributed by atoms with E-state index in [1.54, 1.807) is 6.08 Å². The first-order valence-corrected chi connectivity index (χ1v) is 7.22. The maximum Gasteiger partial charge on any atom is 0.234 e. The molecular formula is C17H15NO3. The van der Waals surface area contributed by atoms with Crippen LogP contribution in [-0.2, 0) is 14.4 Å². The summed E-state index contributed by atoms with van der Waals surface area (Å²) < 4.78 is 0. The van der Waals surface area contributed by atoms with Crippen LogP contribution in [0.25, 0.3) is 0 Å². The lowest BCUT2D eigenvalue weighted by Crippen LogP contribution is -2.44. The molecule has 1 saturated carbocycles. The van der Waals surface area contributed by atoms with Gasteiger partial charge in [0.1, 0.15) is 5.78 Å². The lowest BCUT2D eigenvalue weighted by atomic mass is 9.56. The number of carbonyl (C=O) groups excluding carboxylic acids is 3. The molecule has 0 N–H and O–H groups in total. The molecule has 1 saturated heterocycles. The minimum Gasteiger partial charge on any atom is -0.299 e. The standard InChI is InChI=1S/C17H15NO3/c1-2-7-18-16(20)14-11-8-12(19)13(15(14)17(18)21)10-6-4-3-5-9(10)11/h2-6,11,13-15H,1,7-8H2/t11-,13+,14-,15+/m0/s1. The van der Waals surface area contributed by atoms with Crippen LogP contribution < -0.4 is 0 Å². The molecule has 2 fully saturated rings. The molecular weight excluding hydrogens is 266 g/mol. The molecule has 106 valence electrons. The van der Waals surface area contributed by atoms with Crippen molar-refractivity contribution < 1.29 is 14.4 Å². The van der Waals surface area contributed by atoms with Crippen molar-refractivity contribution in [1.82, 2.24) is 4.90 Å². The highest BCUT2D eigenvalue weighted by Gasteiger charge is 2.62. The van der Waals surface area contributed by atoms with E-state index in [1.165, 1.54) is 4.90 Å². The molecule has 4 nitrogen and oxygen atoms in total. The highest BCUT2D eigenvalue weighted by atomic mass is 16.2. The topological polar surface area (TPSA) is 54.5 Å². The summed E-state index contributed by atoms with van der Waals surface area (Å²) in [4.78, 5) is 38.8. The molecule has 2 bridgehead atoms. The largest absolute Gasteiger partial charge is 0.299 e. The van der Waals surface area contributed by atoms with E-state index < -0.39 is 11.8 Å². The first-order valence-electron chi connectivity index (χ1n) is 7.22. The third-order valence-electron chi connectivity index (χ3n) is 5.09. The zero-order valence-electron chi connectivity index (χ0n) is 11.5. The Labute approximate surface area is 122 Å². The van der Waals surface area contributed by atoms with E-state index in [4.69, 9.17) is 0 Å². The van der Waals surface area contributed by atoms with Crippen molar-refractivity contribution in [3.05, 3.63) is 48.0 Å². The van der Waals surface area contributed by atoms with Gasteiger partial charge < -0.3 is 0 Å². The predicted octanol–water partition coefficient (Wildman–Crippen LogP) is 1.63. The zero-order valence-corrected chi connectivity index (χ0v) is 11.5. The quantitative estimate of drug-likeness (QED) is 0.611. The van der Waals surface area contributed by atoms with E-state index in [9.17, 15) is 14.4 Å². The van der Waals surface area contributed by atoms with Crippen LogP contribution in [-0.4, -0.2) is 29.0 Å². The van der Waals surface area contributed by atoms with Crippen LogP contribution in [0.15, 0.2) is 36.9 Å². The number of ketones is 1. The lowest BCUT2D eigenvalue weighted by Gasteiger charge is -2.43. The third kappa shape index (κ3) is 1.42. The average Bonchev–Trinajstić information content (AvgIpc) is 2.74. The van der Waals surface area contributed by atoms with E-state index in [2.05, 4.69) is 6.58 Å². The number of benzene rings is 1. The van der Waals surface area contributed by atoms with Gasteiger partial charge >= 0.3 is 0 Å². The predicted molar refractivity (Wildman–Crippen MR) is 75.4 cm³/mol. The summed E-state index contributed by atoms with van der Waals surface area (Å²) >= 11 is 0. The Kier molecular flexibility index (Phi) is 2.46. The van der Waals surface area contributed by atoms with Gasteiger partial charge in [-0.1, -0.05) is 30.3 Å². The molecule has 0 aromatic heterocycles. The fourth-order valence-electron chi connectivity index (χ4n) is 4.33. The first-order chi connectivity index (χ1) is 10.1. The molecule has 2 amide bonds. The van der Waals surface area contributed by atoms with Gasteiger partial charge in [0, 0.05) is 18.9 Å². The van der Waals surface area contributed by atoms with Crippen molar-refractivity contribution in [2.75, 3.05) is 6.54 Å². The number of likely N-dealkylation sites (tertiary alicyclic amines) is 1. The van der Waals surface area contributed by atoms with Crippen LogP contribution in [0.1, 0.15) is 29.4 Å². The number of rotatable bonds is 2. The highest BCUT2D eigenvalue weighted by molar-refractivity contribution is 6.11. The van der Waals surface area contributed by atoms with Gasteiger partial charge in [-0.3, -0.25) is 19.3 Å². The molecule has 0 unspecified atom stereocenters. The Bertz CT molecular complexity index is 693. The molecule has 0 spiro atoms. The Morgan fingerprint density at radius 2 is 1.76 bits per heavy atom. The van der Waals surface area contributed by atoms with Crippen LogP contribution in [0.4, 0.5) is 0 Å². The van der Waals surface area contributed by atoms with Gasteiger partial charge in [0.05, 0.1) is 17.8 Å². The summed E-state index contributed by atoms with van der Waals surface area (Å²) in [6.07, 6.45) is 1.94. The molecule has 4 heteroatoms. The first kappa shape index (κ1) is 12.5. The Morgan fingerprint density at radius 3 is 2.48 bits per heavy atom. The number of amides is 2. The normalized spacial score (nSPS) is 33.1. The molecule has 3 aliphatic carbocycles. The van der Waals surface area contributed by atoms with Gasteiger partial charge in [0.15, 0.2) is 0 Å². The Hall–Kier alpha value is -2.23. The molecule has 1 heterocycles. The fourth-order valence-corrected chi connectivity index (χ4v) is 4.33. The van der Waals surface area contributed by atoms with E-state index in [0.29, 0.717) is 6.42 Å². The number of Topliss-reactive ketones (excluding diaryl/α,β-unsaturated/α-hetero) is 1. The van der Waals surface area contributed by atoms with Crippen molar-refractivity contribution in [2.45, 2.75) is 18.3 Å². The third-order valence-corrected chi connectivity index (χ3v) is 5.09. The second-order valence-electron chi connectivity index (χ2n) is 6.01. The maximum atomic E-state index is 12.6. The monoisotopic (exact) mass is 281 g/mol. The molecule has 21 heavy (non-hydrogen) atoms. The second-order valence-corrected chi connectivity index (χ2v) is 6.01. The van der Waals surface area contributed by atoms with Crippen LogP contribution in [0, 0.1) is 11.8 Å². The number of fused-ring (bicyclic) bond motifs is 1. The Balaban J connectivity index is 1.88. The van der Waals surface area contributed by atoms with Gasteiger partial charge in [-0.05, 0) is 11.1 Å². The van der Waals surface area contributed by atoms with Gasteiger partial charge in [0.25, 0.3) is 0 Å². The summed E-state index contributed by atoms with van der Waals surface area (Å²) in [6, 6.07) is 7.74. The van der Waals surface area contributed by atoms with Crippen molar-refractivity contribution in [3.63, 3.8) is 0 Å². The van der Waals surface area contributed by atoms with Gasteiger partial charge in [-0.25, -0.2) is 0 Å². The summed E-state index contributed by atoms with van der Waals surface area (Å²) in [7, 11) is 0. The van der Waals surface area contributed by atoms with Crippen LogP contribution in [0.5, 0.6) is 0 Å². The van der Waals surface area contributed by atoms with Crippen molar-refractivity contribution >= 4 is 17.6 Å². The molecule has 0 radical (unpaired) electrons. The van der Waals surface area contributed by atoms with Crippen LogP contribution in [0.3, 0.4) is 0 Å². The van der Waals surface area contributed by atoms with Gasteiger partial charge in [0.2, 0.25) is 11.8 Å². The molecule has 1 aromatic carbocycles. The zero-order chi connectivity index (χ0) is 14.7. The second kappa shape index (κ2) is 4.13. The van der Waals surface area contributed by atoms with Crippen LogP contribution >= 0.6 is 0 Å². The van der Waals surface area contributed by atoms with Crippen LogP contribution in [0.2, 0.25) is 0 Å². The average molecular weight is 281 g/mol. The fraction of sp³-hybridized carbons (Fsp3) is 0.353. The molecule has 1 aromatic rings. The number of nitrogens with zero attached hydrogens (tertiary/aromatic N) is 1. The summed E-state index contributed by atoms with van der Waals surface area (Å²) in [6.45, 7) is 3.84. The smallest absolute Gasteiger partial charge is 0.234 e.